The van der Waals surface area contributed by atoms with E-state index in [-0.39, 0.29) is 22.7 Å². The van der Waals surface area contributed by atoms with Crippen molar-refractivity contribution in [2.45, 2.75) is 6.18 Å². The molecule has 0 aliphatic heterocycles. The van der Waals surface area contributed by atoms with Crippen LogP contribution in [0, 0.1) is 17.1 Å². The topological polar surface area (TPSA) is 91.2 Å². The van der Waals surface area contributed by atoms with E-state index in [1.807, 2.05) is 0 Å². The molecule has 10 heteroatoms. The third-order valence-electron chi connectivity index (χ3n) is 4.54. The molecule has 2 N–H and O–H groups in total. The Labute approximate surface area is 197 Å². The minimum Gasteiger partial charge on any atom is -0.483 e. The van der Waals surface area contributed by atoms with Crippen LogP contribution in [0.5, 0.6) is 5.75 Å². The first-order valence-electron chi connectivity index (χ1n) is 10.0. The number of anilines is 2. The number of hydrogen-bond donors (Lipinski definition) is 2. The smallest absolute Gasteiger partial charge is 0.416 e. The summed E-state index contributed by atoms with van der Waals surface area (Å²) < 4.78 is 57.8. The molecule has 6 nitrogen and oxygen atoms in total. The summed E-state index contributed by atoms with van der Waals surface area (Å²) in [6.45, 7) is -0.489. The fourth-order valence-corrected chi connectivity index (χ4v) is 2.90. The van der Waals surface area contributed by atoms with Gasteiger partial charge in [0, 0.05) is 11.3 Å². The van der Waals surface area contributed by atoms with Crippen molar-refractivity contribution < 1.29 is 31.9 Å². The van der Waals surface area contributed by atoms with Gasteiger partial charge in [0.05, 0.1) is 11.3 Å². The minimum absolute atomic E-state index is 0.0210. The van der Waals surface area contributed by atoms with Gasteiger partial charge in [-0.3, -0.25) is 9.59 Å². The molecule has 35 heavy (non-hydrogen) atoms. The van der Waals surface area contributed by atoms with E-state index in [9.17, 15) is 32.4 Å². The predicted molar refractivity (Wildman–Crippen MR) is 121 cm³/mol. The maximum Gasteiger partial charge on any atom is 0.416 e. The molecule has 0 radical (unpaired) electrons. The fraction of sp³-hybridized carbons (Fsp3) is 0.0800. The molecule has 0 aliphatic rings. The zero-order valence-corrected chi connectivity index (χ0v) is 17.9. The van der Waals surface area contributed by atoms with Crippen LogP contribution in [-0.4, -0.2) is 18.4 Å². The number of alkyl halides is 3. The van der Waals surface area contributed by atoms with Crippen molar-refractivity contribution in [3.63, 3.8) is 0 Å². The number of ether oxygens (including phenoxy) is 1. The summed E-state index contributed by atoms with van der Waals surface area (Å²) in [6.07, 6.45) is -3.42. The Balaban J connectivity index is 1.72. The SMILES string of the molecule is N#C/C(=C\c1ccccc1OCC(=O)Nc1ccccc1F)C(=O)Nc1cccc(C(F)(F)F)c1. The van der Waals surface area contributed by atoms with Crippen molar-refractivity contribution in [2.75, 3.05) is 17.2 Å². The van der Waals surface area contributed by atoms with Gasteiger partial charge in [-0.2, -0.15) is 18.4 Å². The average Bonchev–Trinajstić information content (AvgIpc) is 2.83. The molecule has 3 aromatic rings. The van der Waals surface area contributed by atoms with E-state index < -0.39 is 41.6 Å². The minimum atomic E-state index is -4.59. The van der Waals surface area contributed by atoms with Gasteiger partial charge in [-0.1, -0.05) is 36.4 Å². The third-order valence-corrected chi connectivity index (χ3v) is 4.54. The molecule has 0 atom stereocenters. The summed E-state index contributed by atoms with van der Waals surface area (Å²) in [4.78, 5) is 24.6. The summed E-state index contributed by atoms with van der Waals surface area (Å²) >= 11 is 0. The van der Waals surface area contributed by atoms with E-state index in [0.717, 1.165) is 18.2 Å². The van der Waals surface area contributed by atoms with Gasteiger partial charge in [-0.15, -0.1) is 0 Å². The Kier molecular flexibility index (Phi) is 7.84. The summed E-state index contributed by atoms with van der Waals surface area (Å²) in [7, 11) is 0. The van der Waals surface area contributed by atoms with E-state index in [4.69, 9.17) is 4.74 Å². The van der Waals surface area contributed by atoms with Crippen molar-refractivity contribution in [2.24, 2.45) is 0 Å². The van der Waals surface area contributed by atoms with Crippen molar-refractivity contribution in [1.29, 1.82) is 5.26 Å². The number of carbonyl (C=O) groups excluding carboxylic acids is 2. The molecule has 178 valence electrons. The maximum atomic E-state index is 13.7. The standard InChI is InChI=1S/C25H17F4N3O3/c26-20-9-2-3-10-21(20)32-23(33)15-35-22-11-4-1-6-16(22)12-17(14-30)24(34)31-19-8-5-7-18(13-19)25(27,28)29/h1-13H,15H2,(H,31,34)(H,32,33)/b17-12+. The number of benzene rings is 3. The fourth-order valence-electron chi connectivity index (χ4n) is 2.90. The molecular formula is C25H17F4N3O3. The molecule has 0 unspecified atom stereocenters. The summed E-state index contributed by atoms with van der Waals surface area (Å²) in [5.74, 6) is -2.04. The van der Waals surface area contributed by atoms with Crippen LogP contribution in [0.25, 0.3) is 6.08 Å². The van der Waals surface area contributed by atoms with Crippen LogP contribution in [0.3, 0.4) is 0 Å². The van der Waals surface area contributed by atoms with E-state index in [0.29, 0.717) is 0 Å². The van der Waals surface area contributed by atoms with Gasteiger partial charge in [-0.05, 0) is 42.5 Å². The summed E-state index contributed by atoms with van der Waals surface area (Å²) in [5, 5.41) is 14.0. The van der Waals surface area contributed by atoms with Crippen molar-refractivity contribution in [3.8, 4) is 11.8 Å². The van der Waals surface area contributed by atoms with Crippen LogP contribution in [0.15, 0.2) is 78.4 Å². The molecule has 0 spiro atoms. The van der Waals surface area contributed by atoms with Crippen LogP contribution in [0.2, 0.25) is 0 Å². The van der Waals surface area contributed by atoms with Crippen LogP contribution in [0.1, 0.15) is 11.1 Å². The normalized spacial score (nSPS) is 11.3. The van der Waals surface area contributed by atoms with Gasteiger partial charge in [0.2, 0.25) is 0 Å². The third kappa shape index (κ3) is 6.91. The number of amides is 2. The number of hydrogen-bond acceptors (Lipinski definition) is 4. The number of halogens is 4. The lowest BCUT2D eigenvalue weighted by atomic mass is 10.1. The van der Waals surface area contributed by atoms with Crippen LogP contribution in [-0.2, 0) is 15.8 Å². The zero-order valence-electron chi connectivity index (χ0n) is 17.9. The van der Waals surface area contributed by atoms with Crippen molar-refractivity contribution in [3.05, 3.63) is 95.3 Å². The molecule has 0 aromatic heterocycles. The number of rotatable bonds is 7. The highest BCUT2D eigenvalue weighted by Crippen LogP contribution is 2.31. The first kappa shape index (κ1) is 25.0. The van der Waals surface area contributed by atoms with E-state index in [1.165, 1.54) is 42.5 Å². The highest BCUT2D eigenvalue weighted by molar-refractivity contribution is 6.09. The van der Waals surface area contributed by atoms with Crippen molar-refractivity contribution in [1.82, 2.24) is 0 Å². The summed E-state index contributed by atoms with van der Waals surface area (Å²) in [6, 6.07) is 17.5. The van der Waals surface area contributed by atoms with Gasteiger partial charge in [0.25, 0.3) is 11.8 Å². The molecule has 3 rings (SSSR count). The number of nitrogens with one attached hydrogen (secondary N) is 2. The van der Waals surface area contributed by atoms with E-state index >= 15 is 0 Å². The molecule has 2 amide bonds. The van der Waals surface area contributed by atoms with Crippen LogP contribution in [0.4, 0.5) is 28.9 Å². The zero-order chi connectivity index (χ0) is 25.4. The highest BCUT2D eigenvalue weighted by atomic mass is 19.4. The van der Waals surface area contributed by atoms with Gasteiger partial charge in [-0.25, -0.2) is 4.39 Å². The Morgan fingerprint density at radius 1 is 0.971 bits per heavy atom. The Hall–Kier alpha value is -4.65. The lowest BCUT2D eigenvalue weighted by Crippen LogP contribution is -2.21. The molecule has 0 saturated carbocycles. The van der Waals surface area contributed by atoms with Crippen molar-refractivity contribution >= 4 is 29.3 Å². The van der Waals surface area contributed by atoms with Gasteiger partial charge in [0.1, 0.15) is 23.2 Å². The number of para-hydroxylation sites is 2. The average molecular weight is 483 g/mol. The first-order chi connectivity index (χ1) is 16.7. The molecule has 3 aromatic carbocycles. The second kappa shape index (κ2) is 11.0. The van der Waals surface area contributed by atoms with E-state index in [2.05, 4.69) is 10.6 Å². The Bertz CT molecular complexity index is 1310. The maximum absolute atomic E-state index is 13.7. The van der Waals surface area contributed by atoms with Gasteiger partial charge in [0.15, 0.2) is 6.61 Å². The first-order valence-corrected chi connectivity index (χ1v) is 10.0. The van der Waals surface area contributed by atoms with E-state index in [1.54, 1.807) is 24.3 Å². The number of nitrogens with zero attached hydrogens (tertiary/aromatic N) is 1. The Morgan fingerprint density at radius 2 is 1.69 bits per heavy atom. The quantitative estimate of drug-likeness (QED) is 0.267. The predicted octanol–water partition coefficient (Wildman–Crippen LogP) is 5.41. The second-order valence-corrected chi connectivity index (χ2v) is 7.06. The van der Waals surface area contributed by atoms with Gasteiger partial charge < -0.3 is 15.4 Å². The molecular weight excluding hydrogens is 466 g/mol. The number of carbonyl (C=O) groups is 2. The molecule has 0 aliphatic carbocycles. The largest absolute Gasteiger partial charge is 0.483 e. The Morgan fingerprint density at radius 3 is 2.40 bits per heavy atom. The molecule has 0 fully saturated rings. The molecule has 0 bridgehead atoms. The molecule has 0 saturated heterocycles. The lowest BCUT2D eigenvalue weighted by molar-refractivity contribution is -0.137. The molecule has 0 heterocycles. The number of nitriles is 1. The second-order valence-electron chi connectivity index (χ2n) is 7.06. The summed E-state index contributed by atoms with van der Waals surface area (Å²) in [5.41, 5.74) is -1.26. The lowest BCUT2D eigenvalue weighted by Gasteiger charge is -2.11. The van der Waals surface area contributed by atoms with Crippen LogP contribution < -0.4 is 15.4 Å². The highest BCUT2D eigenvalue weighted by Gasteiger charge is 2.30. The monoisotopic (exact) mass is 483 g/mol. The van der Waals surface area contributed by atoms with Gasteiger partial charge >= 0.3 is 6.18 Å². The van der Waals surface area contributed by atoms with Crippen LogP contribution >= 0.6 is 0 Å².